The maximum Gasteiger partial charge on any atom is 1.00 e. The molecule has 2 saturated heterocycles. The van der Waals surface area contributed by atoms with Gasteiger partial charge in [-0.1, -0.05) is 0 Å². The van der Waals surface area contributed by atoms with Gasteiger partial charge in [0.15, 0.2) is 0 Å². The summed E-state index contributed by atoms with van der Waals surface area (Å²) in [5.41, 5.74) is 0. The quantitative estimate of drug-likeness (QED) is 0.197. The molecule has 0 aromatic carbocycles. The van der Waals surface area contributed by atoms with Crippen LogP contribution < -0.4 is 68.7 Å². The van der Waals surface area contributed by atoms with Gasteiger partial charge < -0.3 is 55.8 Å². The molecule has 0 aromatic heterocycles. The Morgan fingerprint density at radius 3 is 1.03 bits per heavy atom. The predicted molar refractivity (Wildman–Crippen MR) is 98.1 cm³/mol. The van der Waals surface area contributed by atoms with Crippen LogP contribution in [-0.4, -0.2) is 144 Å². The molecule has 172 valence electrons. The van der Waals surface area contributed by atoms with Gasteiger partial charge in [0.25, 0.3) is 0 Å². The number of hydrogen-bond acceptors (Lipinski definition) is 9. The molecule has 2 rings (SSSR count). The first-order valence-electron chi connectivity index (χ1n) is 9.56. The van der Waals surface area contributed by atoms with Crippen molar-refractivity contribution in [3.8, 4) is 0 Å². The first kappa shape index (κ1) is 35.9. The normalized spacial score (nSPS) is 18.8. The number of quaternary nitrogens is 2. The fraction of sp³-hybridized carbons (Fsp3) is 1.00. The third kappa shape index (κ3) is 16.9. The average molecular weight is 477 g/mol. The molecule has 0 saturated carbocycles. The van der Waals surface area contributed by atoms with E-state index >= 15 is 0 Å². The smallest absolute Gasteiger partial charge is 1.00 e. The zero-order chi connectivity index (χ0) is 21.3. The third-order valence-corrected chi connectivity index (χ3v) is 5.14. The van der Waals surface area contributed by atoms with Crippen molar-refractivity contribution in [3.05, 3.63) is 0 Å². The van der Waals surface area contributed by atoms with Crippen LogP contribution in [0.5, 0.6) is 0 Å². The topological polar surface area (TPSA) is 163 Å². The van der Waals surface area contributed by atoms with Crippen molar-refractivity contribution in [3.63, 3.8) is 0 Å². The summed E-state index contributed by atoms with van der Waals surface area (Å²) in [6.07, 6.45) is 0. The van der Waals surface area contributed by atoms with Gasteiger partial charge in [-0.25, -0.2) is 0 Å². The van der Waals surface area contributed by atoms with Gasteiger partial charge >= 0.3 is 59.1 Å². The summed E-state index contributed by atoms with van der Waals surface area (Å²) < 4.78 is 20.6. The molecule has 0 amide bonds. The van der Waals surface area contributed by atoms with E-state index in [0.717, 1.165) is 87.8 Å². The first-order chi connectivity index (χ1) is 13.4. The van der Waals surface area contributed by atoms with Crippen molar-refractivity contribution < 1.29 is 115 Å². The number of aliphatic hydroxyl groups excluding tert-OH is 4. The van der Waals surface area contributed by atoms with Crippen molar-refractivity contribution in [1.82, 2.24) is 0 Å². The van der Waals surface area contributed by atoms with E-state index in [1.807, 2.05) is 0 Å². The maximum atomic E-state index is 8.87. The van der Waals surface area contributed by atoms with Crippen LogP contribution in [0.25, 0.3) is 0 Å². The third-order valence-electron chi connectivity index (χ3n) is 5.14. The van der Waals surface area contributed by atoms with E-state index in [1.165, 1.54) is 0 Å². The Hall–Kier alpha value is 1.30. The molecule has 2 heterocycles. The van der Waals surface area contributed by atoms with Gasteiger partial charge in [0.05, 0.1) is 52.9 Å². The van der Waals surface area contributed by atoms with E-state index in [0.29, 0.717) is 0 Å². The minimum Gasteiger partial charge on any atom is -1.00 e. The van der Waals surface area contributed by atoms with Crippen LogP contribution in [0.4, 0.5) is 0 Å². The maximum absolute atomic E-state index is 8.87. The van der Waals surface area contributed by atoms with E-state index in [2.05, 4.69) is 0 Å². The minimum absolute atomic E-state index is 0. The fourth-order valence-corrected chi connectivity index (χ4v) is 3.43. The summed E-state index contributed by atoms with van der Waals surface area (Å²) in [5.74, 6) is 0. The molecule has 2 aliphatic heterocycles. The van der Waals surface area contributed by atoms with Gasteiger partial charge in [0.1, 0.15) is 52.4 Å². The molecule has 0 spiro atoms. The van der Waals surface area contributed by atoms with E-state index in [1.54, 1.807) is 0 Å². The molecule has 2 aliphatic rings. The predicted octanol–water partition coefficient (Wildman–Crippen LogP) is -11.0. The van der Waals surface area contributed by atoms with Gasteiger partial charge in [-0.05, 0) is 0 Å². The monoisotopic (exact) mass is 476 g/mol. The van der Waals surface area contributed by atoms with Gasteiger partial charge in [-0.15, -0.1) is 0 Å². The largest absolute Gasteiger partial charge is 1.00 e. The first-order valence-corrected chi connectivity index (χ1v) is 10.8. The Balaban J connectivity index is -0.000000118. The number of aliphatic hydroxyl groups is 4. The van der Waals surface area contributed by atoms with Crippen molar-refractivity contribution in [2.24, 2.45) is 0 Å². The standard InChI is InChI=1S/2C8H18NO3.2Na.O3Si.2H/c2*10-5-1-9(2-6-11)3-7-12-8-4-9;;;1-4(2)3;;/h2*10-11H,1-8H2;;;;;/q4*+1;-2;2*-1. The number of ether oxygens (including phenoxy) is 2. The van der Waals surface area contributed by atoms with Crippen molar-refractivity contribution in [2.45, 2.75) is 0 Å². The Bertz CT molecular complexity index is 349. The van der Waals surface area contributed by atoms with Crippen LogP contribution in [0.3, 0.4) is 0 Å². The summed E-state index contributed by atoms with van der Waals surface area (Å²) in [6.45, 7) is 10.4. The van der Waals surface area contributed by atoms with Crippen LogP contribution in [0, 0.1) is 0 Å². The Morgan fingerprint density at radius 1 is 0.667 bits per heavy atom. The second-order valence-electron chi connectivity index (χ2n) is 6.84. The molecule has 0 radical (unpaired) electrons. The van der Waals surface area contributed by atoms with E-state index in [9.17, 15) is 0 Å². The van der Waals surface area contributed by atoms with Crippen molar-refractivity contribution >= 4 is 9.17 Å². The molecular weight excluding hydrogens is 438 g/mol. The summed E-state index contributed by atoms with van der Waals surface area (Å²) in [6, 6.07) is 0. The summed E-state index contributed by atoms with van der Waals surface area (Å²) in [4.78, 5) is 17.0. The zero-order valence-electron chi connectivity index (χ0n) is 20.5. The summed E-state index contributed by atoms with van der Waals surface area (Å²) >= 11 is 0. The van der Waals surface area contributed by atoms with Crippen LogP contribution >= 0.6 is 0 Å². The Kier molecular flexibility index (Phi) is 26.4. The minimum atomic E-state index is -3.63. The average Bonchev–Trinajstić information content (AvgIpc) is 2.64. The zero-order valence-corrected chi connectivity index (χ0v) is 23.5. The number of hydrogen-bond donors (Lipinski definition) is 4. The van der Waals surface area contributed by atoms with E-state index in [-0.39, 0.29) is 88.4 Å². The molecule has 0 aromatic rings. The molecular formula is C16H38N2Na2O9Si. The van der Waals surface area contributed by atoms with Crippen LogP contribution in [0.1, 0.15) is 2.85 Å². The Labute approximate surface area is 227 Å². The van der Waals surface area contributed by atoms with Gasteiger partial charge in [0.2, 0.25) is 0 Å². The van der Waals surface area contributed by atoms with Crippen LogP contribution in [0.2, 0.25) is 0 Å². The SMILES string of the molecule is O=[Si]([O-])[O-].OCC[N+]1(CCO)CCOCC1.OCC[N+]1(CCO)CCOCC1.[H-].[H-].[Na+].[Na+]. The van der Waals surface area contributed by atoms with E-state index < -0.39 is 9.17 Å². The molecule has 0 aliphatic carbocycles. The van der Waals surface area contributed by atoms with E-state index in [4.69, 9.17) is 44.0 Å². The van der Waals surface area contributed by atoms with Crippen LogP contribution in [0.15, 0.2) is 0 Å². The molecule has 30 heavy (non-hydrogen) atoms. The molecule has 14 heteroatoms. The summed E-state index contributed by atoms with van der Waals surface area (Å²) in [7, 11) is -3.63. The molecule has 0 unspecified atom stereocenters. The number of morpholine rings is 2. The van der Waals surface area contributed by atoms with Crippen molar-refractivity contribution in [2.75, 3.05) is 105 Å². The van der Waals surface area contributed by atoms with Gasteiger partial charge in [-0.3, -0.25) is 0 Å². The molecule has 0 atom stereocenters. The Morgan fingerprint density at radius 2 is 0.867 bits per heavy atom. The number of nitrogens with zero attached hydrogens (tertiary/aromatic N) is 2. The fourth-order valence-electron chi connectivity index (χ4n) is 3.43. The van der Waals surface area contributed by atoms with Crippen molar-refractivity contribution in [1.29, 1.82) is 0 Å². The second kappa shape index (κ2) is 22.1. The van der Waals surface area contributed by atoms with Gasteiger partial charge in [-0.2, -0.15) is 0 Å². The molecule has 0 bridgehead atoms. The summed E-state index contributed by atoms with van der Waals surface area (Å²) in [5, 5.41) is 35.5. The van der Waals surface area contributed by atoms with Gasteiger partial charge in [0, 0.05) is 9.17 Å². The second-order valence-corrected chi connectivity index (χ2v) is 7.34. The molecule has 4 N–H and O–H groups in total. The van der Waals surface area contributed by atoms with Crippen LogP contribution in [-0.2, 0) is 13.9 Å². The molecule has 2 fully saturated rings. The molecule has 11 nitrogen and oxygen atoms in total. The number of rotatable bonds is 8.